The van der Waals surface area contributed by atoms with Crippen molar-refractivity contribution in [2.45, 2.75) is 45.6 Å². The van der Waals surface area contributed by atoms with Crippen molar-refractivity contribution in [3.63, 3.8) is 0 Å². The Balaban J connectivity index is 2.25. The molecule has 0 spiro atoms. The van der Waals surface area contributed by atoms with E-state index in [4.69, 9.17) is 10.5 Å². The number of nitrogens with two attached hydrogens (primary N) is 1. The van der Waals surface area contributed by atoms with E-state index in [1.165, 1.54) is 25.3 Å². The van der Waals surface area contributed by atoms with E-state index in [0.717, 1.165) is 6.42 Å². The average Bonchev–Trinajstić information content (AvgIpc) is 2.37. The summed E-state index contributed by atoms with van der Waals surface area (Å²) in [6, 6.07) is 4.74. The highest BCUT2D eigenvalue weighted by Crippen LogP contribution is 2.46. The molecule has 1 aliphatic rings. The first-order valence-electron chi connectivity index (χ1n) is 7.05. The van der Waals surface area contributed by atoms with Crippen LogP contribution in [0.15, 0.2) is 18.2 Å². The number of benzene rings is 1. The van der Waals surface area contributed by atoms with Gasteiger partial charge in [0.05, 0.1) is 7.11 Å². The van der Waals surface area contributed by atoms with Gasteiger partial charge in [0.25, 0.3) is 0 Å². The Morgan fingerprint density at radius 1 is 1.37 bits per heavy atom. The number of hydrogen-bond acceptors (Lipinski definition) is 2. The third kappa shape index (κ3) is 2.92. The molecule has 1 saturated carbocycles. The zero-order valence-corrected chi connectivity index (χ0v) is 12.1. The molecule has 1 aromatic rings. The Hall–Kier alpha value is -1.09. The van der Waals surface area contributed by atoms with Crippen molar-refractivity contribution in [3.05, 3.63) is 29.6 Å². The van der Waals surface area contributed by atoms with Gasteiger partial charge in [-0.3, -0.25) is 0 Å². The van der Waals surface area contributed by atoms with Crippen LogP contribution in [0.5, 0.6) is 5.75 Å². The molecule has 1 aromatic carbocycles. The Morgan fingerprint density at radius 2 is 2.11 bits per heavy atom. The third-order valence-corrected chi connectivity index (χ3v) is 4.59. The van der Waals surface area contributed by atoms with Crippen LogP contribution in [0.1, 0.15) is 51.1 Å². The molecule has 1 fully saturated rings. The molecule has 0 heterocycles. The van der Waals surface area contributed by atoms with Gasteiger partial charge in [0.2, 0.25) is 0 Å². The van der Waals surface area contributed by atoms with Crippen LogP contribution >= 0.6 is 0 Å². The Labute approximate surface area is 115 Å². The average molecular weight is 265 g/mol. The van der Waals surface area contributed by atoms with Crippen LogP contribution in [0.4, 0.5) is 4.39 Å². The van der Waals surface area contributed by atoms with Crippen molar-refractivity contribution in [1.82, 2.24) is 0 Å². The Morgan fingerprint density at radius 3 is 2.68 bits per heavy atom. The van der Waals surface area contributed by atoms with Gasteiger partial charge >= 0.3 is 0 Å². The minimum atomic E-state index is -0.256. The van der Waals surface area contributed by atoms with Crippen LogP contribution in [-0.2, 0) is 0 Å². The summed E-state index contributed by atoms with van der Waals surface area (Å²) in [5, 5.41) is 0. The molecule has 2 N–H and O–H groups in total. The van der Waals surface area contributed by atoms with Crippen LogP contribution in [0, 0.1) is 17.2 Å². The van der Waals surface area contributed by atoms with E-state index in [-0.39, 0.29) is 17.3 Å². The molecule has 0 saturated heterocycles. The van der Waals surface area contributed by atoms with Crippen LogP contribution in [0.25, 0.3) is 0 Å². The third-order valence-electron chi connectivity index (χ3n) is 4.59. The van der Waals surface area contributed by atoms with Gasteiger partial charge < -0.3 is 10.5 Å². The summed E-state index contributed by atoms with van der Waals surface area (Å²) < 4.78 is 19.2. The van der Waals surface area contributed by atoms with E-state index in [1.54, 1.807) is 19.2 Å². The highest BCUT2D eigenvalue weighted by atomic mass is 19.1. The van der Waals surface area contributed by atoms with Crippen molar-refractivity contribution in [3.8, 4) is 5.75 Å². The highest BCUT2D eigenvalue weighted by Gasteiger charge is 2.37. The lowest BCUT2D eigenvalue weighted by Gasteiger charge is -2.42. The SMILES string of the molecule is COc1ccc(C(N)C2CCCCC2(C)C)c(F)c1. The molecule has 2 rings (SSSR count). The first-order chi connectivity index (χ1) is 8.95. The van der Waals surface area contributed by atoms with E-state index in [2.05, 4.69) is 13.8 Å². The largest absolute Gasteiger partial charge is 0.497 e. The maximum atomic E-state index is 14.1. The molecule has 2 nitrogen and oxygen atoms in total. The number of hydrogen-bond donors (Lipinski definition) is 1. The fourth-order valence-corrected chi connectivity index (χ4v) is 3.31. The van der Waals surface area contributed by atoms with Gasteiger partial charge in [0, 0.05) is 17.7 Å². The lowest BCUT2D eigenvalue weighted by atomic mass is 9.65. The molecule has 106 valence electrons. The fraction of sp³-hybridized carbons (Fsp3) is 0.625. The molecule has 0 aliphatic heterocycles. The van der Waals surface area contributed by atoms with Crippen LogP contribution in [0.2, 0.25) is 0 Å². The predicted molar refractivity (Wildman–Crippen MR) is 75.6 cm³/mol. The summed E-state index contributed by atoms with van der Waals surface area (Å²) in [5.74, 6) is 0.619. The van der Waals surface area contributed by atoms with E-state index >= 15 is 0 Å². The van der Waals surface area contributed by atoms with Gasteiger partial charge in [-0.2, -0.15) is 0 Å². The van der Waals surface area contributed by atoms with Gasteiger partial charge in [-0.05, 0) is 30.2 Å². The van der Waals surface area contributed by atoms with Crippen molar-refractivity contribution in [2.75, 3.05) is 7.11 Å². The summed E-state index contributed by atoms with van der Waals surface area (Å²) in [4.78, 5) is 0. The summed E-state index contributed by atoms with van der Waals surface area (Å²) in [6.45, 7) is 4.50. The normalized spacial score (nSPS) is 23.9. The Bertz CT molecular complexity index is 444. The lowest BCUT2D eigenvalue weighted by Crippen LogP contribution is -2.36. The standard InChI is InChI=1S/C16H24FNO/c1-16(2)9-5-4-6-13(16)15(18)12-8-7-11(19-3)10-14(12)17/h7-8,10,13,15H,4-6,9,18H2,1-3H3. The zero-order chi connectivity index (χ0) is 14.0. The monoisotopic (exact) mass is 265 g/mol. The molecule has 0 radical (unpaired) electrons. The molecular weight excluding hydrogens is 241 g/mol. The zero-order valence-electron chi connectivity index (χ0n) is 12.1. The summed E-state index contributed by atoms with van der Waals surface area (Å²) in [5.41, 5.74) is 7.15. The summed E-state index contributed by atoms with van der Waals surface area (Å²) >= 11 is 0. The van der Waals surface area contributed by atoms with E-state index in [1.807, 2.05) is 0 Å². The van der Waals surface area contributed by atoms with Crippen molar-refractivity contribution >= 4 is 0 Å². The molecule has 2 atom stereocenters. The molecular formula is C16H24FNO. The second kappa shape index (κ2) is 5.49. The first-order valence-corrected chi connectivity index (χ1v) is 7.05. The number of methoxy groups -OCH3 is 1. The highest BCUT2D eigenvalue weighted by molar-refractivity contribution is 5.31. The maximum Gasteiger partial charge on any atom is 0.131 e. The summed E-state index contributed by atoms with van der Waals surface area (Å²) in [7, 11) is 1.54. The van der Waals surface area contributed by atoms with Crippen molar-refractivity contribution in [1.29, 1.82) is 0 Å². The topological polar surface area (TPSA) is 35.2 Å². The molecule has 0 aromatic heterocycles. The molecule has 0 amide bonds. The fourth-order valence-electron chi connectivity index (χ4n) is 3.31. The molecule has 2 unspecified atom stereocenters. The smallest absolute Gasteiger partial charge is 0.131 e. The first kappa shape index (κ1) is 14.3. The second-order valence-electron chi connectivity index (χ2n) is 6.25. The second-order valence-corrected chi connectivity index (χ2v) is 6.25. The van der Waals surface area contributed by atoms with Gasteiger partial charge in [0.1, 0.15) is 11.6 Å². The Kier molecular flexibility index (Phi) is 4.14. The van der Waals surface area contributed by atoms with Gasteiger partial charge in [-0.25, -0.2) is 4.39 Å². The predicted octanol–water partition coefficient (Wildman–Crippen LogP) is 4.05. The number of halogens is 1. The quantitative estimate of drug-likeness (QED) is 0.894. The van der Waals surface area contributed by atoms with E-state index < -0.39 is 0 Å². The molecule has 19 heavy (non-hydrogen) atoms. The van der Waals surface area contributed by atoms with Gasteiger partial charge in [0.15, 0.2) is 0 Å². The van der Waals surface area contributed by atoms with Crippen LogP contribution in [-0.4, -0.2) is 7.11 Å². The molecule has 1 aliphatic carbocycles. The van der Waals surface area contributed by atoms with E-state index in [0.29, 0.717) is 17.2 Å². The summed E-state index contributed by atoms with van der Waals surface area (Å²) in [6.07, 6.45) is 4.70. The van der Waals surface area contributed by atoms with E-state index in [9.17, 15) is 4.39 Å². The minimum absolute atomic E-state index is 0.185. The molecule has 3 heteroatoms. The van der Waals surface area contributed by atoms with Gasteiger partial charge in [-0.15, -0.1) is 0 Å². The van der Waals surface area contributed by atoms with Crippen LogP contribution < -0.4 is 10.5 Å². The maximum absolute atomic E-state index is 14.1. The number of ether oxygens (including phenoxy) is 1. The van der Waals surface area contributed by atoms with Crippen molar-refractivity contribution in [2.24, 2.45) is 17.1 Å². The van der Waals surface area contributed by atoms with Crippen molar-refractivity contribution < 1.29 is 9.13 Å². The number of rotatable bonds is 3. The molecule has 0 bridgehead atoms. The van der Waals surface area contributed by atoms with Crippen LogP contribution in [0.3, 0.4) is 0 Å². The minimum Gasteiger partial charge on any atom is -0.497 e. The van der Waals surface area contributed by atoms with Gasteiger partial charge in [-0.1, -0.05) is 32.8 Å². The lowest BCUT2D eigenvalue weighted by molar-refractivity contribution is 0.111.